The van der Waals surface area contributed by atoms with Crippen LogP contribution in [0.5, 0.6) is 0 Å². The van der Waals surface area contributed by atoms with Gasteiger partial charge in [-0.25, -0.2) is 18.2 Å². The Hall–Kier alpha value is -2.99. The molecule has 0 bridgehead atoms. The van der Waals surface area contributed by atoms with Crippen LogP contribution < -0.4 is 5.32 Å². The van der Waals surface area contributed by atoms with Crippen LogP contribution in [-0.2, 0) is 32.3 Å². The summed E-state index contributed by atoms with van der Waals surface area (Å²) < 4.78 is 31.5. The number of carbonyl (C=O) groups excluding carboxylic acids is 2. The van der Waals surface area contributed by atoms with Crippen LogP contribution in [0.15, 0.2) is 53.4 Å². The fourth-order valence-corrected chi connectivity index (χ4v) is 8.27. The largest absolute Gasteiger partial charge is 0.450 e. The molecule has 0 saturated carbocycles. The van der Waals surface area contributed by atoms with E-state index < -0.39 is 9.84 Å². The molecule has 0 saturated heterocycles. The number of ether oxygens (including phenoxy) is 1. The van der Waals surface area contributed by atoms with E-state index in [0.29, 0.717) is 36.1 Å². The van der Waals surface area contributed by atoms with E-state index in [1.54, 1.807) is 23.2 Å². The highest BCUT2D eigenvalue weighted by atomic mass is 35.5. The summed E-state index contributed by atoms with van der Waals surface area (Å²) in [5, 5.41) is 4.94. The smallest absolute Gasteiger partial charge is 0.410 e. The molecular weight excluding hydrogens is 578 g/mol. The summed E-state index contributed by atoms with van der Waals surface area (Å²) in [6.07, 6.45) is 0.481. The van der Waals surface area contributed by atoms with Crippen LogP contribution >= 0.6 is 34.3 Å². The van der Waals surface area contributed by atoms with E-state index in [9.17, 15) is 18.0 Å². The monoisotopic (exact) mass is 603 g/mol. The van der Waals surface area contributed by atoms with Crippen molar-refractivity contribution < 1.29 is 22.7 Å². The maximum atomic E-state index is 13.0. The standard InChI is InChI=1S/C27H26ClN3O5S3/c1-2-36-27(33)31-14-13-19-22(16-31)38-26(24(19)25-29-20-6-3-4-7-21(20)37-25)30-23(32)8-5-15-39(34,35)18-11-9-17(28)10-12-18/h3-4,6-7,9-12H,2,5,8,13-16H2,1H3,(H,30,32). The number of benzene rings is 2. The molecule has 2 aromatic carbocycles. The third-order valence-corrected chi connectivity index (χ3v) is 10.6. The van der Waals surface area contributed by atoms with E-state index in [0.717, 1.165) is 31.2 Å². The van der Waals surface area contributed by atoms with Crippen LogP contribution in [0.2, 0.25) is 5.02 Å². The van der Waals surface area contributed by atoms with Gasteiger partial charge in [0.25, 0.3) is 0 Å². The van der Waals surface area contributed by atoms with E-state index in [-0.39, 0.29) is 35.5 Å². The first-order chi connectivity index (χ1) is 18.7. The van der Waals surface area contributed by atoms with E-state index >= 15 is 0 Å². The number of nitrogens with zero attached hydrogens (tertiary/aromatic N) is 2. The quantitative estimate of drug-likeness (QED) is 0.250. The lowest BCUT2D eigenvalue weighted by Crippen LogP contribution is -2.35. The molecule has 39 heavy (non-hydrogen) atoms. The van der Waals surface area contributed by atoms with Gasteiger partial charge < -0.3 is 15.0 Å². The minimum Gasteiger partial charge on any atom is -0.450 e. The fourth-order valence-electron chi connectivity index (χ4n) is 4.44. The number of thiazole rings is 1. The Kier molecular flexibility index (Phi) is 8.22. The van der Waals surface area contributed by atoms with Gasteiger partial charge in [-0.1, -0.05) is 23.7 Å². The van der Waals surface area contributed by atoms with Gasteiger partial charge in [0, 0.05) is 28.4 Å². The SMILES string of the molecule is CCOC(=O)N1CCc2c(sc(NC(=O)CCCS(=O)(=O)c3ccc(Cl)cc3)c2-c2nc3ccccc3s2)C1. The molecule has 2 amide bonds. The van der Waals surface area contributed by atoms with Crippen molar-refractivity contribution in [2.75, 3.05) is 24.2 Å². The number of hydrogen-bond donors (Lipinski definition) is 1. The van der Waals surface area contributed by atoms with E-state index in [1.165, 1.54) is 35.6 Å². The number of sulfone groups is 1. The number of fused-ring (bicyclic) bond motifs is 2. The topological polar surface area (TPSA) is 106 Å². The second-order valence-corrected chi connectivity index (χ2v) is 13.7. The molecule has 8 nitrogen and oxygen atoms in total. The molecule has 2 aromatic heterocycles. The summed E-state index contributed by atoms with van der Waals surface area (Å²) in [6, 6.07) is 13.9. The van der Waals surface area contributed by atoms with Gasteiger partial charge in [-0.05, 0) is 61.7 Å². The Labute approximate surface area is 239 Å². The normalized spacial score (nSPS) is 13.3. The van der Waals surface area contributed by atoms with Gasteiger partial charge in [-0.3, -0.25) is 4.79 Å². The minimum atomic E-state index is -3.53. The summed E-state index contributed by atoms with van der Waals surface area (Å²) in [6.45, 7) is 2.99. The second-order valence-electron chi connectivity index (χ2n) is 8.99. The number of thiophene rings is 1. The van der Waals surface area contributed by atoms with Crippen LogP contribution in [-0.4, -0.2) is 49.2 Å². The summed E-state index contributed by atoms with van der Waals surface area (Å²) in [4.78, 5) is 33.0. The molecule has 1 aliphatic rings. The zero-order valence-corrected chi connectivity index (χ0v) is 24.3. The lowest BCUT2D eigenvalue weighted by molar-refractivity contribution is -0.116. The minimum absolute atomic E-state index is 0.0453. The first-order valence-electron chi connectivity index (χ1n) is 12.5. The van der Waals surface area contributed by atoms with Crippen LogP contribution in [0.1, 0.15) is 30.2 Å². The Morgan fingerprint density at radius 1 is 1.13 bits per heavy atom. The molecule has 0 unspecified atom stereocenters. The predicted octanol–water partition coefficient (Wildman–Crippen LogP) is 6.39. The first kappa shape index (κ1) is 27.6. The maximum Gasteiger partial charge on any atom is 0.410 e. The molecule has 0 radical (unpaired) electrons. The van der Waals surface area contributed by atoms with Crippen molar-refractivity contribution in [2.24, 2.45) is 0 Å². The average molecular weight is 604 g/mol. The summed E-state index contributed by atoms with van der Waals surface area (Å²) in [5.41, 5.74) is 2.83. The van der Waals surface area contributed by atoms with Gasteiger partial charge in [0.1, 0.15) is 10.0 Å². The van der Waals surface area contributed by atoms with Gasteiger partial charge in [0.05, 0.1) is 34.0 Å². The number of rotatable bonds is 8. The molecule has 0 aliphatic carbocycles. The first-order valence-corrected chi connectivity index (χ1v) is 16.1. The molecule has 204 valence electrons. The highest BCUT2D eigenvalue weighted by Gasteiger charge is 2.30. The Bertz CT molecular complexity index is 1600. The molecular formula is C27H26ClN3O5S3. The third kappa shape index (κ3) is 6.11. The number of amides is 2. The van der Waals surface area contributed by atoms with E-state index in [1.807, 2.05) is 24.3 Å². The fraction of sp³-hybridized carbons (Fsp3) is 0.296. The van der Waals surface area contributed by atoms with Crippen LogP contribution in [0, 0.1) is 0 Å². The number of halogens is 1. The highest BCUT2D eigenvalue weighted by molar-refractivity contribution is 7.91. The van der Waals surface area contributed by atoms with Crippen LogP contribution in [0.4, 0.5) is 9.80 Å². The molecule has 0 spiro atoms. The summed E-state index contributed by atoms with van der Waals surface area (Å²) in [7, 11) is -3.53. The van der Waals surface area contributed by atoms with Gasteiger partial charge in [-0.15, -0.1) is 22.7 Å². The number of para-hydroxylation sites is 1. The predicted molar refractivity (Wildman–Crippen MR) is 155 cm³/mol. The molecule has 4 aromatic rings. The van der Waals surface area contributed by atoms with Crippen molar-refractivity contribution in [3.63, 3.8) is 0 Å². The second kappa shape index (κ2) is 11.6. The molecule has 3 heterocycles. The Morgan fingerprint density at radius 3 is 2.64 bits per heavy atom. The lowest BCUT2D eigenvalue weighted by Gasteiger charge is -2.26. The lowest BCUT2D eigenvalue weighted by atomic mass is 10.0. The molecule has 12 heteroatoms. The van der Waals surface area contributed by atoms with Crippen molar-refractivity contribution in [3.05, 3.63) is 64.0 Å². The average Bonchev–Trinajstić information content (AvgIpc) is 3.49. The molecule has 1 aliphatic heterocycles. The van der Waals surface area contributed by atoms with E-state index in [4.69, 9.17) is 21.3 Å². The molecule has 1 N–H and O–H groups in total. The number of hydrogen-bond acceptors (Lipinski definition) is 8. The maximum absolute atomic E-state index is 13.0. The number of nitrogens with one attached hydrogen (secondary N) is 1. The van der Waals surface area contributed by atoms with Gasteiger partial charge in [-0.2, -0.15) is 0 Å². The summed E-state index contributed by atoms with van der Waals surface area (Å²) >= 11 is 8.84. The van der Waals surface area contributed by atoms with Crippen molar-refractivity contribution in [3.8, 4) is 10.6 Å². The van der Waals surface area contributed by atoms with Crippen molar-refractivity contribution in [2.45, 2.75) is 37.6 Å². The zero-order chi connectivity index (χ0) is 27.6. The van der Waals surface area contributed by atoms with Crippen molar-refractivity contribution in [1.82, 2.24) is 9.88 Å². The van der Waals surface area contributed by atoms with Crippen molar-refractivity contribution in [1.29, 1.82) is 0 Å². The Morgan fingerprint density at radius 2 is 1.90 bits per heavy atom. The van der Waals surface area contributed by atoms with Gasteiger partial charge in [0.15, 0.2) is 9.84 Å². The number of aromatic nitrogens is 1. The summed E-state index contributed by atoms with van der Waals surface area (Å²) in [5.74, 6) is -0.424. The molecule has 5 rings (SSSR count). The number of carbonyl (C=O) groups is 2. The van der Waals surface area contributed by atoms with Crippen LogP contribution in [0.25, 0.3) is 20.8 Å². The Balaban J connectivity index is 1.36. The number of anilines is 1. The highest BCUT2D eigenvalue weighted by Crippen LogP contribution is 2.45. The van der Waals surface area contributed by atoms with Crippen LogP contribution in [0.3, 0.4) is 0 Å². The van der Waals surface area contributed by atoms with E-state index in [2.05, 4.69) is 5.32 Å². The molecule has 0 fully saturated rings. The third-order valence-electron chi connectivity index (χ3n) is 6.33. The van der Waals surface area contributed by atoms with Gasteiger partial charge in [0.2, 0.25) is 5.91 Å². The van der Waals surface area contributed by atoms with Crippen molar-refractivity contribution >= 4 is 71.3 Å². The van der Waals surface area contributed by atoms with Gasteiger partial charge >= 0.3 is 6.09 Å². The molecule has 0 atom stereocenters. The zero-order valence-electron chi connectivity index (χ0n) is 21.1.